The topological polar surface area (TPSA) is 141 Å². The van der Waals surface area contributed by atoms with E-state index < -0.39 is 67.2 Å². The highest BCUT2D eigenvalue weighted by molar-refractivity contribution is 5.92. The van der Waals surface area contributed by atoms with E-state index in [2.05, 4.69) is 0 Å². The Bertz CT molecular complexity index is 2300. The lowest BCUT2D eigenvalue weighted by Gasteiger charge is -2.44. The predicted molar refractivity (Wildman–Crippen MR) is 208 cm³/mol. The van der Waals surface area contributed by atoms with Crippen LogP contribution < -0.4 is 0 Å². The Morgan fingerprint density at radius 3 is 1.11 bits per heavy atom. The van der Waals surface area contributed by atoms with Gasteiger partial charge >= 0.3 is 29.8 Å². The highest BCUT2D eigenvalue weighted by atomic mass is 16.7. The predicted octanol–water partition coefficient (Wildman–Crippen LogP) is 7.64. The Kier molecular flexibility index (Phi) is 12.6. The standard InChI is InChI=1S/C46H42O11/c1-27-11-6-16-32(21-27)41(47)52-26-37-38(54-42(48)33-17-7-12-28(2)22-33)39(55-43(49)34-18-8-13-29(3)23-34)40(56-44(50)35-19-9-14-30(4)24-35)46(53-37)57-45(51)36-20-10-15-31(5)25-36/h6-25,37-40,46H,26H2,1-5H3/t37-,38-,39+,40-,46-/m0/s1. The number of aryl methyl sites for hydroxylation is 5. The van der Waals surface area contributed by atoms with Crippen molar-refractivity contribution in [1.29, 1.82) is 0 Å². The molecule has 0 aromatic heterocycles. The SMILES string of the molecule is Cc1cccc(C(=O)OC[C@@H]2O[C@@H](OC(=O)c3cccc(C)c3)[C@@H](OC(=O)c3cccc(C)c3)[C@H](OC(=O)c3cccc(C)c3)[C@H]2OC(=O)c2cccc(C)c2)c1. The number of rotatable bonds is 11. The summed E-state index contributed by atoms with van der Waals surface area (Å²) in [7, 11) is 0. The van der Waals surface area contributed by atoms with Gasteiger partial charge in [0.25, 0.3) is 0 Å². The van der Waals surface area contributed by atoms with Crippen LogP contribution in [-0.2, 0) is 28.4 Å². The van der Waals surface area contributed by atoms with Crippen LogP contribution in [0.3, 0.4) is 0 Å². The van der Waals surface area contributed by atoms with Crippen LogP contribution in [0.25, 0.3) is 0 Å². The zero-order chi connectivity index (χ0) is 40.6. The molecule has 292 valence electrons. The van der Waals surface area contributed by atoms with Crippen LogP contribution in [0.4, 0.5) is 0 Å². The molecule has 0 spiro atoms. The van der Waals surface area contributed by atoms with Crippen molar-refractivity contribution in [2.24, 2.45) is 0 Å². The third-order valence-electron chi connectivity index (χ3n) is 9.19. The summed E-state index contributed by atoms with van der Waals surface area (Å²) in [4.78, 5) is 68.9. The van der Waals surface area contributed by atoms with Gasteiger partial charge in [0.15, 0.2) is 12.2 Å². The fourth-order valence-corrected chi connectivity index (χ4v) is 6.36. The van der Waals surface area contributed by atoms with Crippen molar-refractivity contribution in [2.45, 2.75) is 65.3 Å². The average Bonchev–Trinajstić information content (AvgIpc) is 3.19. The molecular weight excluding hydrogens is 728 g/mol. The Hall–Kier alpha value is -6.59. The van der Waals surface area contributed by atoms with Gasteiger partial charge in [0.2, 0.25) is 12.4 Å². The first-order valence-electron chi connectivity index (χ1n) is 18.3. The largest absolute Gasteiger partial charge is 0.459 e. The number of benzene rings is 5. The fraction of sp³-hybridized carbons (Fsp3) is 0.239. The van der Waals surface area contributed by atoms with Gasteiger partial charge in [-0.3, -0.25) is 0 Å². The molecule has 0 saturated carbocycles. The second-order valence-corrected chi connectivity index (χ2v) is 14.0. The number of carbonyl (C=O) groups excluding carboxylic acids is 5. The number of ether oxygens (including phenoxy) is 6. The van der Waals surface area contributed by atoms with E-state index in [-0.39, 0.29) is 27.8 Å². The lowest BCUT2D eigenvalue weighted by atomic mass is 9.97. The van der Waals surface area contributed by atoms with Crippen molar-refractivity contribution < 1.29 is 52.4 Å². The summed E-state index contributed by atoms with van der Waals surface area (Å²) in [6.07, 6.45) is -8.15. The number of esters is 5. The van der Waals surface area contributed by atoms with Crippen molar-refractivity contribution in [3.05, 3.63) is 177 Å². The molecule has 1 heterocycles. The van der Waals surface area contributed by atoms with Crippen LogP contribution in [0.1, 0.15) is 79.6 Å². The molecule has 5 atom stereocenters. The van der Waals surface area contributed by atoms with E-state index in [1.54, 1.807) is 125 Å². The summed E-state index contributed by atoms with van der Waals surface area (Å²) in [5, 5.41) is 0. The van der Waals surface area contributed by atoms with E-state index in [4.69, 9.17) is 28.4 Å². The molecule has 5 aromatic rings. The average molecular weight is 771 g/mol. The van der Waals surface area contributed by atoms with Crippen molar-refractivity contribution in [1.82, 2.24) is 0 Å². The van der Waals surface area contributed by atoms with Gasteiger partial charge in [-0.15, -0.1) is 0 Å². The minimum absolute atomic E-state index is 0.143. The summed E-state index contributed by atoms with van der Waals surface area (Å²) < 4.78 is 36.3. The first-order chi connectivity index (χ1) is 27.3. The molecule has 5 aromatic carbocycles. The first-order valence-corrected chi connectivity index (χ1v) is 18.3. The molecule has 0 unspecified atom stereocenters. The van der Waals surface area contributed by atoms with Gasteiger partial charge in [-0.25, -0.2) is 24.0 Å². The summed E-state index contributed by atoms with van der Waals surface area (Å²) in [5.41, 5.74) is 4.72. The normalized spacial score (nSPS) is 18.8. The maximum Gasteiger partial charge on any atom is 0.340 e. The summed E-state index contributed by atoms with van der Waals surface area (Å²) >= 11 is 0. The maximum atomic E-state index is 14.0. The van der Waals surface area contributed by atoms with Gasteiger partial charge < -0.3 is 28.4 Å². The highest BCUT2D eigenvalue weighted by Gasteiger charge is 2.54. The van der Waals surface area contributed by atoms with E-state index in [9.17, 15) is 24.0 Å². The highest BCUT2D eigenvalue weighted by Crippen LogP contribution is 2.32. The molecule has 1 fully saturated rings. The molecule has 0 aliphatic carbocycles. The molecule has 1 saturated heterocycles. The zero-order valence-corrected chi connectivity index (χ0v) is 32.1. The Morgan fingerprint density at radius 1 is 0.421 bits per heavy atom. The van der Waals surface area contributed by atoms with E-state index in [0.717, 1.165) is 27.8 Å². The molecule has 0 radical (unpaired) electrons. The van der Waals surface area contributed by atoms with E-state index >= 15 is 0 Å². The maximum absolute atomic E-state index is 14.0. The molecule has 6 rings (SSSR count). The molecule has 11 nitrogen and oxygen atoms in total. The van der Waals surface area contributed by atoms with E-state index in [0.29, 0.717) is 0 Å². The number of hydrogen-bond acceptors (Lipinski definition) is 11. The molecule has 1 aliphatic rings. The van der Waals surface area contributed by atoms with Gasteiger partial charge in [0.1, 0.15) is 12.7 Å². The van der Waals surface area contributed by atoms with Crippen LogP contribution in [0.15, 0.2) is 121 Å². The Balaban J connectivity index is 1.45. The molecular formula is C46H42O11. The molecule has 0 N–H and O–H groups in total. The van der Waals surface area contributed by atoms with Crippen LogP contribution in [0.2, 0.25) is 0 Å². The summed E-state index contributed by atoms with van der Waals surface area (Å²) in [5.74, 6) is -4.14. The van der Waals surface area contributed by atoms with Crippen LogP contribution >= 0.6 is 0 Å². The van der Waals surface area contributed by atoms with E-state index in [1.807, 2.05) is 13.0 Å². The van der Waals surface area contributed by atoms with Crippen LogP contribution in [0.5, 0.6) is 0 Å². The summed E-state index contributed by atoms with van der Waals surface area (Å²) in [6.45, 7) is 8.45. The quantitative estimate of drug-likeness (QED) is 0.0967. The first kappa shape index (κ1) is 40.1. The van der Waals surface area contributed by atoms with Crippen molar-refractivity contribution >= 4 is 29.8 Å². The molecule has 1 aliphatic heterocycles. The van der Waals surface area contributed by atoms with Gasteiger partial charge in [-0.1, -0.05) is 88.5 Å². The minimum atomic E-state index is -1.77. The van der Waals surface area contributed by atoms with Crippen LogP contribution in [0, 0.1) is 34.6 Å². The molecule has 0 amide bonds. The monoisotopic (exact) mass is 770 g/mol. The van der Waals surface area contributed by atoms with E-state index in [1.165, 1.54) is 18.2 Å². The van der Waals surface area contributed by atoms with Gasteiger partial charge in [0.05, 0.1) is 27.8 Å². The van der Waals surface area contributed by atoms with Crippen molar-refractivity contribution in [3.63, 3.8) is 0 Å². The Morgan fingerprint density at radius 2 is 0.737 bits per heavy atom. The van der Waals surface area contributed by atoms with Crippen LogP contribution in [-0.4, -0.2) is 67.2 Å². The van der Waals surface area contributed by atoms with Gasteiger partial charge in [-0.2, -0.15) is 0 Å². The van der Waals surface area contributed by atoms with Gasteiger partial charge in [0, 0.05) is 0 Å². The third-order valence-corrected chi connectivity index (χ3v) is 9.19. The smallest absolute Gasteiger partial charge is 0.340 e. The number of hydrogen-bond donors (Lipinski definition) is 0. The minimum Gasteiger partial charge on any atom is -0.459 e. The second kappa shape index (κ2) is 17.9. The zero-order valence-electron chi connectivity index (χ0n) is 32.1. The molecule has 0 bridgehead atoms. The lowest BCUT2D eigenvalue weighted by Crippen LogP contribution is -2.63. The molecule has 11 heteroatoms. The Labute approximate surface area is 330 Å². The number of carbonyl (C=O) groups is 5. The molecule has 57 heavy (non-hydrogen) atoms. The van der Waals surface area contributed by atoms with Crippen molar-refractivity contribution in [2.75, 3.05) is 6.61 Å². The lowest BCUT2D eigenvalue weighted by molar-refractivity contribution is -0.282. The van der Waals surface area contributed by atoms with Gasteiger partial charge in [-0.05, 0) is 95.3 Å². The van der Waals surface area contributed by atoms with Crippen molar-refractivity contribution in [3.8, 4) is 0 Å². The third kappa shape index (κ3) is 10.2. The second-order valence-electron chi connectivity index (χ2n) is 14.0. The fourth-order valence-electron chi connectivity index (χ4n) is 6.36. The summed E-state index contributed by atoms with van der Waals surface area (Å²) in [6, 6.07) is 33.1.